The van der Waals surface area contributed by atoms with Gasteiger partial charge in [-0.1, -0.05) is 12.8 Å². The van der Waals surface area contributed by atoms with Crippen molar-refractivity contribution in [3.05, 3.63) is 17.6 Å². The molecule has 1 aromatic rings. The number of alkyl halides is 1. The standard InChI is InChI=1S/C13H20ClN3/c1-10-8-13(16-11(2)15-10)17-7-5-3-4-6-12(17)9-14/h8,12H,3-7,9H2,1-2H3. The van der Waals surface area contributed by atoms with E-state index >= 15 is 0 Å². The lowest BCUT2D eigenvalue weighted by atomic mass is 10.1. The quantitative estimate of drug-likeness (QED) is 0.759. The summed E-state index contributed by atoms with van der Waals surface area (Å²) in [7, 11) is 0. The van der Waals surface area contributed by atoms with Gasteiger partial charge in [0.15, 0.2) is 0 Å². The van der Waals surface area contributed by atoms with E-state index in [1.165, 1.54) is 25.7 Å². The fraction of sp³-hybridized carbons (Fsp3) is 0.692. The number of nitrogens with zero attached hydrogens (tertiary/aromatic N) is 3. The van der Waals surface area contributed by atoms with E-state index in [0.717, 1.165) is 23.9 Å². The zero-order chi connectivity index (χ0) is 12.3. The molecule has 1 aliphatic rings. The maximum absolute atomic E-state index is 6.09. The Bertz CT molecular complexity index is 361. The van der Waals surface area contributed by atoms with E-state index in [2.05, 4.69) is 20.9 Å². The second kappa shape index (κ2) is 5.67. The maximum Gasteiger partial charge on any atom is 0.132 e. The van der Waals surface area contributed by atoms with Gasteiger partial charge in [0.25, 0.3) is 0 Å². The molecule has 0 aliphatic carbocycles. The summed E-state index contributed by atoms with van der Waals surface area (Å²) in [5.74, 6) is 2.57. The molecule has 1 unspecified atom stereocenters. The minimum Gasteiger partial charge on any atom is -0.352 e. The normalized spacial score (nSPS) is 21.4. The van der Waals surface area contributed by atoms with Crippen molar-refractivity contribution in [2.24, 2.45) is 0 Å². The molecule has 0 aromatic carbocycles. The molecule has 3 nitrogen and oxygen atoms in total. The number of rotatable bonds is 2. The molecule has 2 heterocycles. The Hall–Kier alpha value is -0.830. The predicted molar refractivity (Wildman–Crippen MR) is 71.8 cm³/mol. The lowest BCUT2D eigenvalue weighted by Crippen LogP contribution is -2.37. The molecule has 4 heteroatoms. The van der Waals surface area contributed by atoms with Crippen molar-refractivity contribution in [1.29, 1.82) is 0 Å². The lowest BCUT2D eigenvalue weighted by Gasteiger charge is -2.29. The fourth-order valence-corrected chi connectivity index (χ4v) is 2.80. The van der Waals surface area contributed by atoms with Crippen LogP contribution in [0.2, 0.25) is 0 Å². The predicted octanol–water partition coefficient (Wildman–Crippen LogP) is 3.08. The molecule has 1 aliphatic heterocycles. The van der Waals surface area contributed by atoms with Crippen LogP contribution in [0.5, 0.6) is 0 Å². The van der Waals surface area contributed by atoms with Crippen molar-refractivity contribution >= 4 is 17.4 Å². The topological polar surface area (TPSA) is 29.0 Å². The van der Waals surface area contributed by atoms with Crippen LogP contribution in [0, 0.1) is 13.8 Å². The summed E-state index contributed by atoms with van der Waals surface area (Å²) in [6.45, 7) is 5.03. The molecule has 0 spiro atoms. The summed E-state index contributed by atoms with van der Waals surface area (Å²) in [5, 5.41) is 0. The molecule has 1 atom stereocenters. The van der Waals surface area contributed by atoms with Crippen LogP contribution in [-0.2, 0) is 0 Å². The van der Waals surface area contributed by atoms with Crippen LogP contribution < -0.4 is 4.90 Å². The van der Waals surface area contributed by atoms with Crippen LogP contribution >= 0.6 is 11.6 Å². The van der Waals surface area contributed by atoms with E-state index in [9.17, 15) is 0 Å². The molecule has 1 saturated heterocycles. The van der Waals surface area contributed by atoms with Crippen LogP contribution in [-0.4, -0.2) is 28.4 Å². The Balaban J connectivity index is 2.27. The maximum atomic E-state index is 6.09. The highest BCUT2D eigenvalue weighted by Crippen LogP contribution is 2.23. The van der Waals surface area contributed by atoms with Crippen LogP contribution in [0.1, 0.15) is 37.2 Å². The zero-order valence-corrected chi connectivity index (χ0v) is 11.4. The minimum absolute atomic E-state index is 0.424. The zero-order valence-electron chi connectivity index (χ0n) is 10.6. The van der Waals surface area contributed by atoms with Gasteiger partial charge in [0.1, 0.15) is 11.6 Å². The van der Waals surface area contributed by atoms with Gasteiger partial charge in [-0.3, -0.25) is 0 Å². The first-order chi connectivity index (χ1) is 8.20. The highest BCUT2D eigenvalue weighted by atomic mass is 35.5. The smallest absolute Gasteiger partial charge is 0.132 e. The first-order valence-corrected chi connectivity index (χ1v) is 6.89. The number of hydrogen-bond donors (Lipinski definition) is 0. The van der Waals surface area contributed by atoms with Crippen LogP contribution in [0.15, 0.2) is 6.07 Å². The van der Waals surface area contributed by atoms with Crippen molar-refractivity contribution in [3.63, 3.8) is 0 Å². The molecule has 1 aromatic heterocycles. The second-order valence-corrected chi connectivity index (χ2v) is 5.07. The molecule has 2 rings (SSSR count). The van der Waals surface area contributed by atoms with Crippen LogP contribution in [0.25, 0.3) is 0 Å². The van der Waals surface area contributed by atoms with Gasteiger partial charge in [0.05, 0.1) is 0 Å². The van der Waals surface area contributed by atoms with Gasteiger partial charge >= 0.3 is 0 Å². The van der Waals surface area contributed by atoms with E-state index in [-0.39, 0.29) is 0 Å². The monoisotopic (exact) mass is 253 g/mol. The van der Waals surface area contributed by atoms with Gasteiger partial charge in [-0.15, -0.1) is 11.6 Å². The van der Waals surface area contributed by atoms with E-state index in [1.807, 2.05) is 13.8 Å². The third-order valence-corrected chi connectivity index (χ3v) is 3.66. The summed E-state index contributed by atoms with van der Waals surface area (Å²) in [4.78, 5) is 11.2. The summed E-state index contributed by atoms with van der Waals surface area (Å²) >= 11 is 6.09. The van der Waals surface area contributed by atoms with Crippen molar-refractivity contribution in [1.82, 2.24) is 9.97 Å². The average molecular weight is 254 g/mol. The summed E-state index contributed by atoms with van der Waals surface area (Å²) in [6, 6.07) is 2.49. The van der Waals surface area contributed by atoms with Gasteiger partial charge < -0.3 is 4.90 Å². The SMILES string of the molecule is Cc1cc(N2CCCCCC2CCl)nc(C)n1. The van der Waals surface area contributed by atoms with Crippen molar-refractivity contribution in [2.45, 2.75) is 45.6 Å². The van der Waals surface area contributed by atoms with E-state index in [4.69, 9.17) is 11.6 Å². The highest BCUT2D eigenvalue weighted by Gasteiger charge is 2.21. The van der Waals surface area contributed by atoms with Gasteiger partial charge in [0, 0.05) is 30.2 Å². The Kier molecular flexibility index (Phi) is 4.21. The number of aromatic nitrogens is 2. The van der Waals surface area contributed by atoms with Crippen molar-refractivity contribution < 1.29 is 0 Å². The molecule has 0 radical (unpaired) electrons. The second-order valence-electron chi connectivity index (χ2n) is 4.77. The van der Waals surface area contributed by atoms with Crippen molar-refractivity contribution in [3.8, 4) is 0 Å². The summed E-state index contributed by atoms with van der Waals surface area (Å²) in [6.07, 6.45) is 4.98. The van der Waals surface area contributed by atoms with Crippen molar-refractivity contribution in [2.75, 3.05) is 17.3 Å². The van der Waals surface area contributed by atoms with Gasteiger partial charge in [-0.25, -0.2) is 9.97 Å². The first kappa shape index (κ1) is 12.6. The van der Waals surface area contributed by atoms with Crippen LogP contribution in [0.4, 0.5) is 5.82 Å². The Morgan fingerprint density at radius 2 is 2.12 bits per heavy atom. The third-order valence-electron chi connectivity index (χ3n) is 3.30. The summed E-state index contributed by atoms with van der Waals surface area (Å²) in [5.41, 5.74) is 1.03. The van der Waals surface area contributed by atoms with Crippen LogP contribution in [0.3, 0.4) is 0 Å². The Morgan fingerprint density at radius 1 is 1.29 bits per heavy atom. The molecule has 0 saturated carbocycles. The third kappa shape index (κ3) is 3.09. The minimum atomic E-state index is 0.424. The lowest BCUT2D eigenvalue weighted by molar-refractivity contribution is 0.614. The van der Waals surface area contributed by atoms with Gasteiger partial charge in [-0.2, -0.15) is 0 Å². The molecule has 94 valence electrons. The molecule has 0 amide bonds. The summed E-state index contributed by atoms with van der Waals surface area (Å²) < 4.78 is 0. The highest BCUT2D eigenvalue weighted by molar-refractivity contribution is 6.18. The first-order valence-electron chi connectivity index (χ1n) is 6.35. The Morgan fingerprint density at radius 3 is 2.82 bits per heavy atom. The molecule has 0 N–H and O–H groups in total. The Labute approximate surface area is 108 Å². The molecule has 17 heavy (non-hydrogen) atoms. The number of anilines is 1. The number of halogens is 1. The van der Waals surface area contributed by atoms with Gasteiger partial charge in [0.2, 0.25) is 0 Å². The molecule has 1 fully saturated rings. The molecular weight excluding hydrogens is 234 g/mol. The molecular formula is C13H20ClN3. The van der Waals surface area contributed by atoms with E-state index < -0.39 is 0 Å². The largest absolute Gasteiger partial charge is 0.352 e. The van der Waals surface area contributed by atoms with E-state index in [0.29, 0.717) is 11.9 Å². The van der Waals surface area contributed by atoms with Gasteiger partial charge in [-0.05, 0) is 26.7 Å². The van der Waals surface area contributed by atoms with E-state index in [1.54, 1.807) is 0 Å². The fourth-order valence-electron chi connectivity index (χ4n) is 2.48. The number of aryl methyl sites for hydroxylation is 2. The average Bonchev–Trinajstić information content (AvgIpc) is 2.52. The number of hydrogen-bond acceptors (Lipinski definition) is 3. The molecule has 0 bridgehead atoms.